The molecule has 0 aliphatic heterocycles. The van der Waals surface area contributed by atoms with Gasteiger partial charge in [-0.15, -0.1) is 0 Å². The molecule has 7 amide bonds. The molecule has 0 aliphatic carbocycles. The lowest BCUT2D eigenvalue weighted by Crippen LogP contribution is -2.59. The summed E-state index contributed by atoms with van der Waals surface area (Å²) in [7, 11) is 0. The van der Waals surface area contributed by atoms with Crippen molar-refractivity contribution in [3.05, 3.63) is 0 Å². The van der Waals surface area contributed by atoms with Gasteiger partial charge in [-0.2, -0.15) is 0 Å². The van der Waals surface area contributed by atoms with Gasteiger partial charge in [0.05, 0.1) is 6.04 Å². The molecule has 0 fully saturated rings. The number of nitrogens with two attached hydrogens (primary N) is 8. The highest BCUT2D eigenvalue weighted by atomic mass is 16.2. The van der Waals surface area contributed by atoms with Gasteiger partial charge in [-0.05, 0) is 70.6 Å². The van der Waals surface area contributed by atoms with Crippen molar-refractivity contribution >= 4 is 71.1 Å². The lowest BCUT2D eigenvalue weighted by atomic mass is 10.0. The zero-order valence-corrected chi connectivity index (χ0v) is 36.5. The number of hydrogen-bond donors (Lipinski definition) is 23. The predicted octanol–water partition coefficient (Wildman–Crippen LogP) is -8.20. The Morgan fingerprint density at radius 2 is 0.600 bits per heavy atom. The topological polar surface area (TPSA) is 567 Å². The van der Waals surface area contributed by atoms with E-state index in [2.05, 4.69) is 53.2 Å². The molecule has 0 saturated heterocycles. The molecule has 0 aliphatic rings. The van der Waals surface area contributed by atoms with Gasteiger partial charge < -0.3 is 99.0 Å². The first-order chi connectivity index (χ1) is 30.5. The van der Waals surface area contributed by atoms with Crippen LogP contribution in [0.4, 0.5) is 0 Å². The molecule has 0 aromatic rings. The summed E-state index contributed by atoms with van der Waals surface area (Å²) in [6.07, 6.45) is 0.316. The molecule has 0 rings (SSSR count). The first kappa shape index (κ1) is 57.6. The van der Waals surface area contributed by atoms with E-state index in [4.69, 9.17) is 72.9 Å². The fourth-order valence-corrected chi connectivity index (χ4v) is 5.81. The quantitative estimate of drug-likeness (QED) is 0.0162. The average Bonchev–Trinajstić information content (AvgIpc) is 3.21. The van der Waals surface area contributed by atoms with E-state index in [1.165, 1.54) is 0 Å². The second-order valence-electron chi connectivity index (χ2n) is 14.7. The second kappa shape index (κ2) is 32.3. The van der Waals surface area contributed by atoms with Gasteiger partial charge in [-0.3, -0.25) is 60.6 Å². The summed E-state index contributed by atoms with van der Waals surface area (Å²) in [5.74, 6) is -7.60. The Labute approximate surface area is 376 Å². The maximum absolute atomic E-state index is 14.0. The molecule has 368 valence electrons. The minimum Gasteiger partial charge on any atom is -0.370 e. The highest BCUT2D eigenvalue weighted by Crippen LogP contribution is 2.08. The van der Waals surface area contributed by atoms with Gasteiger partial charge >= 0.3 is 0 Å². The van der Waals surface area contributed by atoms with E-state index in [0.29, 0.717) is 6.42 Å². The molecule has 0 unspecified atom stereocenters. The highest BCUT2D eigenvalue weighted by Gasteiger charge is 2.33. The van der Waals surface area contributed by atoms with Crippen LogP contribution in [0, 0.1) is 27.0 Å². The Morgan fingerprint density at radius 1 is 0.354 bits per heavy atom. The van der Waals surface area contributed by atoms with E-state index < -0.39 is 84.0 Å². The van der Waals surface area contributed by atoms with E-state index in [0.717, 1.165) is 0 Å². The molecular formula is C35H71N23O7. The van der Waals surface area contributed by atoms with Crippen LogP contribution in [0.2, 0.25) is 0 Å². The van der Waals surface area contributed by atoms with Crippen LogP contribution < -0.4 is 99.0 Å². The molecule has 0 aromatic carbocycles. The summed E-state index contributed by atoms with van der Waals surface area (Å²) in [5.41, 5.74) is 43.7. The predicted molar refractivity (Wildman–Crippen MR) is 241 cm³/mol. The third kappa shape index (κ3) is 28.8. The lowest BCUT2D eigenvalue weighted by molar-refractivity contribution is -0.135. The fraction of sp³-hybridized carbons (Fsp3) is 0.657. The van der Waals surface area contributed by atoms with Crippen LogP contribution in [-0.2, 0) is 33.6 Å². The second-order valence-corrected chi connectivity index (χ2v) is 14.7. The van der Waals surface area contributed by atoms with Crippen molar-refractivity contribution in [3.63, 3.8) is 0 Å². The smallest absolute Gasteiger partial charge is 0.243 e. The normalized spacial score (nSPS) is 13.3. The van der Waals surface area contributed by atoms with E-state index in [9.17, 15) is 33.6 Å². The molecule has 0 heterocycles. The Bertz CT molecular complexity index is 1650. The molecule has 0 saturated carbocycles. The number of amides is 7. The number of rotatable bonds is 34. The Kier molecular flexibility index (Phi) is 28.6. The molecule has 0 aromatic heterocycles. The minimum absolute atomic E-state index is 0.0356. The van der Waals surface area contributed by atoms with Gasteiger partial charge in [-0.25, -0.2) is 0 Å². The van der Waals surface area contributed by atoms with Gasteiger partial charge in [0.2, 0.25) is 41.4 Å². The Hall–Kier alpha value is -7.40. The first-order valence-electron chi connectivity index (χ1n) is 20.8. The highest BCUT2D eigenvalue weighted by molar-refractivity contribution is 5.97. The van der Waals surface area contributed by atoms with Crippen molar-refractivity contribution in [2.75, 3.05) is 32.7 Å². The minimum atomic E-state index is -1.52. The van der Waals surface area contributed by atoms with Crippen molar-refractivity contribution in [2.24, 2.45) is 45.9 Å². The number of carbonyl (C=O) groups is 7. The van der Waals surface area contributed by atoms with Gasteiger partial charge in [0.15, 0.2) is 29.8 Å². The van der Waals surface area contributed by atoms with Crippen molar-refractivity contribution in [1.82, 2.24) is 53.2 Å². The maximum Gasteiger partial charge on any atom is 0.243 e. The van der Waals surface area contributed by atoms with Crippen LogP contribution in [0.3, 0.4) is 0 Å². The molecule has 31 N–H and O–H groups in total. The van der Waals surface area contributed by atoms with E-state index in [1.54, 1.807) is 0 Å². The fourth-order valence-electron chi connectivity index (χ4n) is 5.81. The summed E-state index contributed by atoms with van der Waals surface area (Å²) in [4.78, 5) is 92.7. The molecule has 0 bridgehead atoms. The third-order valence-electron chi connectivity index (χ3n) is 9.16. The molecule has 0 radical (unpaired) electrons. The molecular weight excluding hydrogens is 855 g/mol. The van der Waals surface area contributed by atoms with Crippen LogP contribution in [0.5, 0.6) is 0 Å². The summed E-state index contributed by atoms with van der Waals surface area (Å²) >= 11 is 0. The molecule has 30 nitrogen and oxygen atoms in total. The summed E-state index contributed by atoms with van der Waals surface area (Å²) in [6, 6.07) is -7.88. The number of nitrogens with one attached hydrogen (secondary N) is 15. The van der Waals surface area contributed by atoms with E-state index in [-0.39, 0.29) is 127 Å². The number of carbonyl (C=O) groups excluding carboxylic acids is 7. The zero-order chi connectivity index (χ0) is 49.5. The van der Waals surface area contributed by atoms with Crippen LogP contribution in [-0.4, -0.2) is 140 Å². The maximum atomic E-state index is 14.0. The molecule has 30 heteroatoms. The summed E-state index contributed by atoms with van der Waals surface area (Å²) < 4.78 is 0. The van der Waals surface area contributed by atoms with Gasteiger partial charge in [0, 0.05) is 39.1 Å². The Morgan fingerprint density at radius 3 is 0.877 bits per heavy atom. The van der Waals surface area contributed by atoms with Crippen LogP contribution in [0.25, 0.3) is 0 Å². The largest absolute Gasteiger partial charge is 0.370 e. The average molecular weight is 926 g/mol. The van der Waals surface area contributed by atoms with Crippen molar-refractivity contribution < 1.29 is 33.6 Å². The molecule has 0 spiro atoms. The van der Waals surface area contributed by atoms with Crippen LogP contribution in [0.15, 0.2) is 0 Å². The van der Waals surface area contributed by atoms with E-state index in [1.807, 2.05) is 0 Å². The monoisotopic (exact) mass is 926 g/mol. The molecule has 65 heavy (non-hydrogen) atoms. The Balaban J connectivity index is 6.58. The van der Waals surface area contributed by atoms with Crippen LogP contribution in [0.1, 0.15) is 77.0 Å². The number of primary amides is 2. The SMILES string of the molecule is N=C(N)NCCC[C@H](NC(=O)[C@H](CCCNC(=N)N)NC(=O)[C@H](CCCNC(=N)N)NC(=O)[C@H](CCC(N)=O)NC(=O)[C@H](CCCNC(=N)N)NC(=O)[C@@H](N)CCCNC(=N)N)C(N)=O. The first-order valence-corrected chi connectivity index (χ1v) is 20.8. The molecule has 6 atom stereocenters. The summed E-state index contributed by atoms with van der Waals surface area (Å²) in [5, 5.41) is 62.4. The van der Waals surface area contributed by atoms with Crippen molar-refractivity contribution in [3.8, 4) is 0 Å². The van der Waals surface area contributed by atoms with Gasteiger partial charge in [-0.1, -0.05) is 0 Å². The van der Waals surface area contributed by atoms with Gasteiger partial charge in [0.25, 0.3) is 0 Å². The third-order valence-corrected chi connectivity index (χ3v) is 9.16. The van der Waals surface area contributed by atoms with Gasteiger partial charge in [0.1, 0.15) is 30.2 Å². The number of hydrogen-bond acceptors (Lipinski definition) is 13. The summed E-state index contributed by atoms with van der Waals surface area (Å²) in [6.45, 7) is 0.765. The van der Waals surface area contributed by atoms with Crippen LogP contribution >= 0.6 is 0 Å². The lowest BCUT2D eigenvalue weighted by Gasteiger charge is -2.27. The van der Waals surface area contributed by atoms with E-state index >= 15 is 0 Å². The van der Waals surface area contributed by atoms with Crippen molar-refractivity contribution in [2.45, 2.75) is 113 Å². The standard InChI is InChI=1S/C35H71N23O7/c36-18(6-1-13-49-31(39)40)26(61)55-20(8-3-15-51-33(43)44)28(63)58-23(11-12-24(37)59)30(65)57-22(10-5-17-53-35(47)48)29(64)56-21(9-4-16-52-34(45)46)27(62)54-19(25(38)60)7-2-14-50-32(41)42/h18-23H,1-17,36H2,(H2,37,59)(H2,38,60)(H,54,62)(H,55,61)(H,56,64)(H,57,65)(H,58,63)(H4,39,40,49)(H4,41,42,50)(H4,43,44,51)(H4,45,46,52)(H4,47,48,53)/t18-,19-,20-,21-,22-,23-/m0/s1. The number of guanidine groups is 5. The zero-order valence-electron chi connectivity index (χ0n) is 36.5. The van der Waals surface area contributed by atoms with Crippen molar-refractivity contribution in [1.29, 1.82) is 27.0 Å².